The van der Waals surface area contributed by atoms with Gasteiger partial charge < -0.3 is 13.6 Å². The van der Waals surface area contributed by atoms with Crippen molar-refractivity contribution in [2.24, 2.45) is 0 Å². The summed E-state index contributed by atoms with van der Waals surface area (Å²) >= 11 is 7.26. The van der Waals surface area contributed by atoms with Gasteiger partial charge in [-0.3, -0.25) is 0 Å². The van der Waals surface area contributed by atoms with Crippen molar-refractivity contribution in [2.75, 3.05) is 7.11 Å². The Labute approximate surface area is 163 Å². The van der Waals surface area contributed by atoms with Crippen LogP contribution in [-0.4, -0.2) is 32.7 Å². The van der Waals surface area contributed by atoms with E-state index in [1.165, 1.54) is 18.9 Å². The Hall–Kier alpha value is -2.84. The van der Waals surface area contributed by atoms with Crippen molar-refractivity contribution in [3.63, 3.8) is 0 Å². The summed E-state index contributed by atoms with van der Waals surface area (Å²) in [7, 11) is 1.35. The van der Waals surface area contributed by atoms with E-state index in [1.807, 2.05) is 24.5 Å². The van der Waals surface area contributed by atoms with Gasteiger partial charge in [0.05, 0.1) is 12.8 Å². The average Bonchev–Trinajstić information content (AvgIpc) is 3.32. The number of carbonyl (C=O) groups is 1. The molecule has 0 saturated heterocycles. The SMILES string of the molecule is COC(=O)c1cccn2cc(CSc3nnc(-c4ccc(Cl)cc4)o3)nc12. The van der Waals surface area contributed by atoms with Gasteiger partial charge >= 0.3 is 5.97 Å². The van der Waals surface area contributed by atoms with E-state index in [2.05, 4.69) is 15.2 Å². The van der Waals surface area contributed by atoms with Gasteiger partial charge in [-0.2, -0.15) is 0 Å². The summed E-state index contributed by atoms with van der Waals surface area (Å²) in [5.74, 6) is 0.525. The Kier molecular flexibility index (Phi) is 4.83. The molecular weight excluding hydrogens is 388 g/mol. The van der Waals surface area contributed by atoms with Crippen molar-refractivity contribution < 1.29 is 13.9 Å². The van der Waals surface area contributed by atoms with Crippen molar-refractivity contribution in [1.82, 2.24) is 19.6 Å². The number of thioether (sulfide) groups is 1. The number of hydrogen-bond acceptors (Lipinski definition) is 7. The summed E-state index contributed by atoms with van der Waals surface area (Å²) in [6, 6.07) is 10.6. The number of rotatable bonds is 5. The number of ether oxygens (including phenoxy) is 1. The third-order valence-corrected chi connectivity index (χ3v) is 4.88. The van der Waals surface area contributed by atoms with E-state index >= 15 is 0 Å². The van der Waals surface area contributed by atoms with Crippen molar-refractivity contribution in [1.29, 1.82) is 0 Å². The summed E-state index contributed by atoms with van der Waals surface area (Å²) in [4.78, 5) is 16.4. The quantitative estimate of drug-likeness (QED) is 0.368. The number of benzene rings is 1. The number of esters is 1. The van der Waals surface area contributed by atoms with Crippen LogP contribution in [0.15, 0.2) is 58.4 Å². The number of halogens is 1. The second kappa shape index (κ2) is 7.42. The maximum Gasteiger partial charge on any atom is 0.341 e. The predicted molar refractivity (Wildman–Crippen MR) is 101 cm³/mol. The standard InChI is InChI=1S/C18H13ClN4O3S/c1-25-17(24)14-3-2-8-23-9-13(20-15(14)23)10-27-18-22-21-16(26-18)11-4-6-12(19)7-5-11/h2-9H,10H2,1H3. The Balaban J connectivity index is 1.51. The lowest BCUT2D eigenvalue weighted by atomic mass is 10.2. The molecule has 3 heterocycles. The lowest BCUT2D eigenvalue weighted by molar-refractivity contribution is 0.0602. The number of methoxy groups -OCH3 is 1. The molecule has 0 radical (unpaired) electrons. The zero-order chi connectivity index (χ0) is 18.8. The molecule has 0 spiro atoms. The lowest BCUT2D eigenvalue weighted by Crippen LogP contribution is -2.03. The van der Waals surface area contributed by atoms with E-state index in [1.54, 1.807) is 28.7 Å². The number of pyridine rings is 1. The summed E-state index contributed by atoms with van der Waals surface area (Å²) in [5.41, 5.74) is 2.54. The molecule has 0 amide bonds. The van der Waals surface area contributed by atoms with Crippen LogP contribution in [0.2, 0.25) is 5.02 Å². The normalized spacial score (nSPS) is 11.0. The fourth-order valence-corrected chi connectivity index (χ4v) is 3.29. The van der Waals surface area contributed by atoms with E-state index in [-0.39, 0.29) is 0 Å². The van der Waals surface area contributed by atoms with E-state index in [9.17, 15) is 4.79 Å². The van der Waals surface area contributed by atoms with Crippen LogP contribution in [0.4, 0.5) is 0 Å². The third-order valence-electron chi connectivity index (χ3n) is 3.78. The summed E-state index contributed by atoms with van der Waals surface area (Å²) in [6.07, 6.45) is 3.68. The van der Waals surface area contributed by atoms with Crippen LogP contribution < -0.4 is 0 Å². The molecule has 4 rings (SSSR count). The predicted octanol–water partition coefficient (Wildman–Crippen LogP) is 4.12. The Morgan fingerprint density at radius 2 is 2.07 bits per heavy atom. The molecule has 0 unspecified atom stereocenters. The van der Waals surface area contributed by atoms with Crippen molar-refractivity contribution >= 4 is 35.0 Å². The molecule has 0 aliphatic rings. The van der Waals surface area contributed by atoms with Gasteiger partial charge in [0.25, 0.3) is 5.22 Å². The molecule has 0 atom stereocenters. The molecule has 7 nitrogen and oxygen atoms in total. The zero-order valence-corrected chi connectivity index (χ0v) is 15.7. The van der Waals surface area contributed by atoms with Crippen LogP contribution in [0.3, 0.4) is 0 Å². The van der Waals surface area contributed by atoms with Gasteiger partial charge in [-0.1, -0.05) is 23.4 Å². The molecule has 3 aromatic heterocycles. The number of hydrogen-bond donors (Lipinski definition) is 0. The average molecular weight is 401 g/mol. The van der Waals surface area contributed by atoms with Gasteiger partial charge in [0, 0.05) is 28.7 Å². The minimum Gasteiger partial charge on any atom is -0.465 e. The topological polar surface area (TPSA) is 82.5 Å². The van der Waals surface area contributed by atoms with Gasteiger partial charge in [-0.05, 0) is 36.4 Å². The molecule has 0 N–H and O–H groups in total. The van der Waals surface area contributed by atoms with Crippen LogP contribution >= 0.6 is 23.4 Å². The number of nitrogens with zero attached hydrogens (tertiary/aromatic N) is 4. The maximum atomic E-state index is 11.9. The van der Waals surface area contributed by atoms with E-state index in [4.69, 9.17) is 20.8 Å². The number of carbonyl (C=O) groups excluding carboxylic acids is 1. The fraction of sp³-hybridized carbons (Fsp3) is 0.111. The number of imidazole rings is 1. The van der Waals surface area contributed by atoms with Crippen LogP contribution in [0, 0.1) is 0 Å². The summed E-state index contributed by atoms with van der Waals surface area (Å²) < 4.78 is 12.3. The molecule has 0 saturated carbocycles. The van der Waals surface area contributed by atoms with Crippen LogP contribution in [0.25, 0.3) is 17.1 Å². The molecule has 27 heavy (non-hydrogen) atoms. The summed E-state index contributed by atoms with van der Waals surface area (Å²) in [6.45, 7) is 0. The highest BCUT2D eigenvalue weighted by molar-refractivity contribution is 7.98. The van der Waals surface area contributed by atoms with Gasteiger partial charge in [0.15, 0.2) is 5.65 Å². The Bertz CT molecular complexity index is 1110. The second-order valence-corrected chi connectivity index (χ2v) is 6.91. The molecule has 136 valence electrons. The minimum atomic E-state index is -0.421. The highest BCUT2D eigenvalue weighted by atomic mass is 35.5. The second-order valence-electron chi connectivity index (χ2n) is 5.55. The first-order valence-corrected chi connectivity index (χ1v) is 9.27. The number of fused-ring (bicyclic) bond motifs is 1. The first-order chi connectivity index (χ1) is 13.1. The fourth-order valence-electron chi connectivity index (χ4n) is 2.52. The monoisotopic (exact) mass is 400 g/mol. The first-order valence-electron chi connectivity index (χ1n) is 7.91. The van der Waals surface area contributed by atoms with E-state index in [0.717, 1.165) is 11.3 Å². The molecule has 0 bridgehead atoms. The smallest absolute Gasteiger partial charge is 0.341 e. The first kappa shape index (κ1) is 17.6. The van der Waals surface area contributed by atoms with Gasteiger partial charge in [0.2, 0.25) is 5.89 Å². The molecule has 0 fully saturated rings. The zero-order valence-electron chi connectivity index (χ0n) is 14.1. The molecular formula is C18H13ClN4O3S. The van der Waals surface area contributed by atoms with Gasteiger partial charge in [-0.15, -0.1) is 10.2 Å². The van der Waals surface area contributed by atoms with Gasteiger partial charge in [0.1, 0.15) is 5.56 Å². The minimum absolute atomic E-state index is 0.416. The van der Waals surface area contributed by atoms with Crippen LogP contribution in [0.5, 0.6) is 0 Å². The maximum absolute atomic E-state index is 11.9. The largest absolute Gasteiger partial charge is 0.465 e. The van der Waals surface area contributed by atoms with Crippen molar-refractivity contribution in [3.05, 3.63) is 65.1 Å². The number of aromatic nitrogens is 4. The molecule has 1 aromatic carbocycles. The Morgan fingerprint density at radius 1 is 1.26 bits per heavy atom. The van der Waals surface area contributed by atoms with E-state index < -0.39 is 5.97 Å². The van der Waals surface area contributed by atoms with E-state index in [0.29, 0.717) is 33.1 Å². The Morgan fingerprint density at radius 3 is 2.85 bits per heavy atom. The molecule has 0 aliphatic heterocycles. The highest BCUT2D eigenvalue weighted by Gasteiger charge is 2.15. The van der Waals surface area contributed by atoms with Crippen LogP contribution in [0.1, 0.15) is 16.1 Å². The highest BCUT2D eigenvalue weighted by Crippen LogP contribution is 2.26. The lowest BCUT2D eigenvalue weighted by Gasteiger charge is -2.00. The third kappa shape index (κ3) is 3.67. The molecule has 9 heteroatoms. The summed E-state index contributed by atoms with van der Waals surface area (Å²) in [5, 5.41) is 9.18. The van der Waals surface area contributed by atoms with Gasteiger partial charge in [-0.25, -0.2) is 9.78 Å². The van der Waals surface area contributed by atoms with Crippen molar-refractivity contribution in [3.8, 4) is 11.5 Å². The molecule has 4 aromatic rings. The molecule has 0 aliphatic carbocycles. The van der Waals surface area contributed by atoms with Crippen LogP contribution in [-0.2, 0) is 10.5 Å². The van der Waals surface area contributed by atoms with Crippen molar-refractivity contribution in [2.45, 2.75) is 11.0 Å².